The maximum atomic E-state index is 9.88. The molecule has 0 spiro atoms. The van der Waals surface area contributed by atoms with E-state index in [0.717, 1.165) is 31.8 Å². The SMILES string of the molecule is COc1cc(CNCC2CN(C)CCO2)cc(OC)c1O. The highest BCUT2D eigenvalue weighted by atomic mass is 16.5. The zero-order chi connectivity index (χ0) is 15.2. The minimum Gasteiger partial charge on any atom is -0.502 e. The van der Waals surface area contributed by atoms with Gasteiger partial charge in [0.2, 0.25) is 5.75 Å². The zero-order valence-corrected chi connectivity index (χ0v) is 12.9. The Kier molecular flexibility index (Phi) is 5.67. The Labute approximate surface area is 125 Å². The minimum atomic E-state index is 0.0287. The number of phenols is 1. The van der Waals surface area contributed by atoms with Crippen LogP contribution < -0.4 is 14.8 Å². The molecule has 1 atom stereocenters. The molecular weight excluding hydrogens is 272 g/mol. The number of hydrogen-bond acceptors (Lipinski definition) is 6. The molecule has 2 N–H and O–H groups in total. The Hall–Kier alpha value is -1.50. The summed E-state index contributed by atoms with van der Waals surface area (Å²) in [6.45, 7) is 4.16. The summed E-state index contributed by atoms with van der Waals surface area (Å²) < 4.78 is 16.0. The van der Waals surface area contributed by atoms with Crippen LogP contribution in [0, 0.1) is 0 Å². The van der Waals surface area contributed by atoms with Gasteiger partial charge in [-0.2, -0.15) is 0 Å². The van der Waals surface area contributed by atoms with E-state index < -0.39 is 0 Å². The predicted octanol–water partition coefficient (Wildman–Crippen LogP) is 0.830. The van der Waals surface area contributed by atoms with Crippen LogP contribution in [-0.2, 0) is 11.3 Å². The summed E-state index contributed by atoms with van der Waals surface area (Å²) in [4.78, 5) is 2.27. The monoisotopic (exact) mass is 296 g/mol. The van der Waals surface area contributed by atoms with Gasteiger partial charge in [-0.3, -0.25) is 0 Å². The van der Waals surface area contributed by atoms with Gasteiger partial charge in [0, 0.05) is 26.2 Å². The van der Waals surface area contributed by atoms with Crippen LogP contribution in [0.25, 0.3) is 0 Å². The molecule has 1 fully saturated rings. The van der Waals surface area contributed by atoms with Crippen LogP contribution >= 0.6 is 0 Å². The van der Waals surface area contributed by atoms with Gasteiger partial charge >= 0.3 is 0 Å². The molecule has 6 heteroatoms. The Balaban J connectivity index is 1.90. The van der Waals surface area contributed by atoms with E-state index in [9.17, 15) is 5.11 Å². The van der Waals surface area contributed by atoms with Crippen molar-refractivity contribution in [3.8, 4) is 17.2 Å². The summed E-state index contributed by atoms with van der Waals surface area (Å²) in [7, 11) is 5.15. The quantitative estimate of drug-likeness (QED) is 0.811. The van der Waals surface area contributed by atoms with Crippen LogP contribution in [-0.4, -0.2) is 63.6 Å². The molecule has 0 radical (unpaired) electrons. The molecular formula is C15H24N2O4. The Morgan fingerprint density at radius 1 is 1.33 bits per heavy atom. The number of hydrogen-bond donors (Lipinski definition) is 2. The summed E-state index contributed by atoms with van der Waals surface area (Å²) in [6.07, 6.45) is 0.213. The first kappa shape index (κ1) is 15.9. The molecule has 1 aromatic carbocycles. The molecule has 21 heavy (non-hydrogen) atoms. The molecule has 1 aliphatic heterocycles. The summed E-state index contributed by atoms with van der Waals surface area (Å²) >= 11 is 0. The van der Waals surface area contributed by atoms with E-state index in [-0.39, 0.29) is 11.9 Å². The van der Waals surface area contributed by atoms with Crippen molar-refractivity contribution in [1.29, 1.82) is 0 Å². The molecule has 1 unspecified atom stereocenters. The van der Waals surface area contributed by atoms with E-state index >= 15 is 0 Å². The second-order valence-corrected chi connectivity index (χ2v) is 5.23. The van der Waals surface area contributed by atoms with Crippen LogP contribution in [0.1, 0.15) is 5.56 Å². The largest absolute Gasteiger partial charge is 0.502 e. The lowest BCUT2D eigenvalue weighted by Gasteiger charge is -2.30. The number of benzene rings is 1. The highest BCUT2D eigenvalue weighted by molar-refractivity contribution is 5.52. The van der Waals surface area contributed by atoms with Crippen molar-refractivity contribution >= 4 is 0 Å². The van der Waals surface area contributed by atoms with E-state index in [2.05, 4.69) is 17.3 Å². The van der Waals surface area contributed by atoms with Gasteiger partial charge in [-0.25, -0.2) is 0 Å². The molecule has 0 bridgehead atoms. The number of methoxy groups -OCH3 is 2. The fraction of sp³-hybridized carbons (Fsp3) is 0.600. The third kappa shape index (κ3) is 4.23. The van der Waals surface area contributed by atoms with E-state index in [1.807, 2.05) is 0 Å². The molecule has 2 rings (SSSR count). The Bertz CT molecular complexity index is 442. The van der Waals surface area contributed by atoms with Gasteiger partial charge in [0.1, 0.15) is 0 Å². The lowest BCUT2D eigenvalue weighted by Crippen LogP contribution is -2.44. The van der Waals surface area contributed by atoms with E-state index in [4.69, 9.17) is 14.2 Å². The number of rotatable bonds is 6. The van der Waals surface area contributed by atoms with Crippen molar-refractivity contribution in [3.63, 3.8) is 0 Å². The second-order valence-electron chi connectivity index (χ2n) is 5.23. The molecule has 1 aromatic rings. The predicted molar refractivity (Wildman–Crippen MR) is 80.2 cm³/mol. The van der Waals surface area contributed by atoms with E-state index in [0.29, 0.717) is 18.0 Å². The van der Waals surface area contributed by atoms with E-state index in [1.165, 1.54) is 14.2 Å². The van der Waals surface area contributed by atoms with Gasteiger partial charge in [-0.1, -0.05) is 0 Å². The fourth-order valence-electron chi connectivity index (χ4n) is 2.42. The number of phenolic OH excluding ortho intramolecular Hbond substituents is 1. The Morgan fingerprint density at radius 2 is 2.00 bits per heavy atom. The smallest absolute Gasteiger partial charge is 0.200 e. The molecule has 0 aromatic heterocycles. The molecule has 0 amide bonds. The van der Waals surface area contributed by atoms with Crippen LogP contribution in [0.5, 0.6) is 17.2 Å². The van der Waals surface area contributed by atoms with Gasteiger partial charge in [0.15, 0.2) is 11.5 Å². The molecule has 1 aliphatic rings. The number of nitrogens with one attached hydrogen (secondary N) is 1. The zero-order valence-electron chi connectivity index (χ0n) is 12.9. The van der Waals surface area contributed by atoms with Crippen LogP contribution in [0.15, 0.2) is 12.1 Å². The maximum absolute atomic E-state index is 9.88. The van der Waals surface area contributed by atoms with Crippen molar-refractivity contribution in [2.45, 2.75) is 12.6 Å². The average Bonchev–Trinajstić information content (AvgIpc) is 2.48. The molecule has 1 heterocycles. The second kappa shape index (κ2) is 7.49. The van der Waals surface area contributed by atoms with Crippen molar-refractivity contribution in [2.24, 2.45) is 0 Å². The van der Waals surface area contributed by atoms with Crippen molar-refractivity contribution < 1.29 is 19.3 Å². The summed E-state index contributed by atoms with van der Waals surface area (Å²) in [5, 5.41) is 13.2. The highest BCUT2D eigenvalue weighted by Crippen LogP contribution is 2.36. The molecule has 6 nitrogen and oxygen atoms in total. The van der Waals surface area contributed by atoms with Crippen LogP contribution in [0.4, 0.5) is 0 Å². The van der Waals surface area contributed by atoms with Crippen molar-refractivity contribution in [3.05, 3.63) is 17.7 Å². The lowest BCUT2D eigenvalue weighted by atomic mass is 10.1. The van der Waals surface area contributed by atoms with Crippen molar-refractivity contribution in [2.75, 3.05) is 47.5 Å². The molecule has 0 aliphatic carbocycles. The van der Waals surface area contributed by atoms with Gasteiger partial charge in [0.05, 0.1) is 26.9 Å². The summed E-state index contributed by atoms with van der Waals surface area (Å²) in [5.74, 6) is 0.862. The standard InChI is InChI=1S/C15H24N2O4/c1-17-4-5-21-12(10-17)9-16-8-11-6-13(19-2)15(18)14(7-11)20-3/h6-7,12,16,18H,4-5,8-10H2,1-3H3. The first-order valence-electron chi connectivity index (χ1n) is 7.08. The molecule has 0 saturated carbocycles. The lowest BCUT2D eigenvalue weighted by molar-refractivity contribution is -0.0182. The summed E-state index contributed by atoms with van der Waals surface area (Å²) in [6, 6.07) is 3.61. The third-order valence-corrected chi connectivity index (χ3v) is 3.58. The van der Waals surface area contributed by atoms with Gasteiger partial charge in [0.25, 0.3) is 0 Å². The number of morpholine rings is 1. The van der Waals surface area contributed by atoms with Crippen molar-refractivity contribution in [1.82, 2.24) is 10.2 Å². The Morgan fingerprint density at radius 3 is 2.57 bits per heavy atom. The summed E-state index contributed by atoms with van der Waals surface area (Å²) in [5.41, 5.74) is 0.991. The molecule has 118 valence electrons. The first-order chi connectivity index (χ1) is 10.1. The van der Waals surface area contributed by atoms with Crippen LogP contribution in [0.2, 0.25) is 0 Å². The first-order valence-corrected chi connectivity index (χ1v) is 7.08. The maximum Gasteiger partial charge on any atom is 0.200 e. The average molecular weight is 296 g/mol. The highest BCUT2D eigenvalue weighted by Gasteiger charge is 2.17. The third-order valence-electron chi connectivity index (χ3n) is 3.58. The van der Waals surface area contributed by atoms with E-state index in [1.54, 1.807) is 12.1 Å². The van der Waals surface area contributed by atoms with Gasteiger partial charge in [-0.05, 0) is 24.7 Å². The number of nitrogens with zero attached hydrogens (tertiary/aromatic N) is 1. The minimum absolute atomic E-state index is 0.0287. The topological polar surface area (TPSA) is 63.2 Å². The number of aromatic hydroxyl groups is 1. The van der Waals surface area contributed by atoms with Crippen LogP contribution in [0.3, 0.4) is 0 Å². The van der Waals surface area contributed by atoms with Gasteiger partial charge in [-0.15, -0.1) is 0 Å². The van der Waals surface area contributed by atoms with Gasteiger partial charge < -0.3 is 29.5 Å². The number of ether oxygens (including phenoxy) is 3. The molecule has 1 saturated heterocycles. The fourth-order valence-corrected chi connectivity index (χ4v) is 2.42. The number of likely N-dealkylation sites (N-methyl/N-ethyl adjacent to an activating group) is 1. The normalized spacial score (nSPS) is 19.5.